The van der Waals surface area contributed by atoms with Crippen molar-refractivity contribution in [3.05, 3.63) is 12.2 Å². The minimum absolute atomic E-state index is 0.595. The van der Waals surface area contributed by atoms with Crippen molar-refractivity contribution in [3.8, 4) is 6.07 Å². The molecule has 1 aliphatic heterocycles. The van der Waals surface area contributed by atoms with Gasteiger partial charge in [-0.25, -0.2) is 0 Å². The Morgan fingerprint density at radius 2 is 2.50 bits per heavy atom. The number of ether oxygens (including phenoxy) is 1. The molecule has 1 aliphatic rings. The van der Waals surface area contributed by atoms with Crippen molar-refractivity contribution < 1.29 is 4.74 Å². The minimum Gasteiger partial charge on any atom is -0.381 e. The zero-order valence-corrected chi connectivity index (χ0v) is 7.33. The Morgan fingerprint density at radius 3 is 3.17 bits per heavy atom. The summed E-state index contributed by atoms with van der Waals surface area (Å²) >= 11 is 0. The highest BCUT2D eigenvalue weighted by molar-refractivity contribution is 4.91. The van der Waals surface area contributed by atoms with Crippen LogP contribution in [0.4, 0.5) is 0 Å². The summed E-state index contributed by atoms with van der Waals surface area (Å²) in [6.07, 6.45) is 8.21. The maximum atomic E-state index is 8.29. The van der Waals surface area contributed by atoms with E-state index in [4.69, 9.17) is 10.00 Å². The Kier molecular flexibility index (Phi) is 4.48. The van der Waals surface area contributed by atoms with Gasteiger partial charge in [0, 0.05) is 18.9 Å². The lowest BCUT2D eigenvalue weighted by Gasteiger charge is -2.18. The first-order valence-corrected chi connectivity index (χ1v) is 4.55. The molecular formula is C10H15NO. The summed E-state index contributed by atoms with van der Waals surface area (Å²) in [4.78, 5) is 0. The normalized spacial score (nSPS) is 24.1. The zero-order valence-electron chi connectivity index (χ0n) is 7.33. The molecule has 0 aliphatic carbocycles. The highest BCUT2D eigenvalue weighted by atomic mass is 16.5. The predicted molar refractivity (Wildman–Crippen MR) is 47.5 cm³/mol. The number of allylic oxidation sites excluding steroid dienone is 1. The van der Waals surface area contributed by atoms with E-state index in [0.717, 1.165) is 19.6 Å². The SMILES string of the molecule is N#CCC/C=C/C1CCCOC1. The Balaban J connectivity index is 2.12. The molecule has 0 amide bonds. The molecule has 1 heterocycles. The highest BCUT2D eigenvalue weighted by Crippen LogP contribution is 2.14. The summed E-state index contributed by atoms with van der Waals surface area (Å²) in [7, 11) is 0. The number of hydrogen-bond acceptors (Lipinski definition) is 2. The lowest BCUT2D eigenvalue weighted by atomic mass is 10.0. The highest BCUT2D eigenvalue weighted by Gasteiger charge is 2.09. The van der Waals surface area contributed by atoms with Gasteiger partial charge in [0.2, 0.25) is 0 Å². The number of nitriles is 1. The molecule has 66 valence electrons. The van der Waals surface area contributed by atoms with Crippen LogP contribution in [-0.4, -0.2) is 13.2 Å². The molecule has 0 aromatic carbocycles. The topological polar surface area (TPSA) is 33.0 Å². The third-order valence-corrected chi connectivity index (χ3v) is 2.03. The summed E-state index contributed by atoms with van der Waals surface area (Å²) in [5, 5.41) is 8.29. The van der Waals surface area contributed by atoms with Crippen LogP contribution < -0.4 is 0 Å². The van der Waals surface area contributed by atoms with Crippen molar-refractivity contribution in [1.29, 1.82) is 5.26 Å². The Morgan fingerprint density at radius 1 is 1.58 bits per heavy atom. The molecular weight excluding hydrogens is 150 g/mol. The minimum atomic E-state index is 0.595. The Hall–Kier alpha value is -0.810. The van der Waals surface area contributed by atoms with Crippen molar-refractivity contribution in [2.75, 3.05) is 13.2 Å². The second-order valence-electron chi connectivity index (χ2n) is 3.10. The summed E-state index contributed by atoms with van der Waals surface area (Å²) in [5.41, 5.74) is 0. The second-order valence-corrected chi connectivity index (χ2v) is 3.10. The predicted octanol–water partition coefficient (Wildman–Crippen LogP) is 2.27. The van der Waals surface area contributed by atoms with E-state index >= 15 is 0 Å². The summed E-state index contributed by atoms with van der Waals surface area (Å²) in [6.45, 7) is 1.78. The first-order valence-electron chi connectivity index (χ1n) is 4.55. The van der Waals surface area contributed by atoms with Crippen LogP contribution in [0.2, 0.25) is 0 Å². The molecule has 0 N–H and O–H groups in total. The number of unbranched alkanes of at least 4 members (excludes halogenated alkanes) is 1. The van der Waals surface area contributed by atoms with E-state index in [9.17, 15) is 0 Å². The summed E-state index contributed by atoms with van der Waals surface area (Å²) < 4.78 is 5.32. The molecule has 0 aromatic heterocycles. The summed E-state index contributed by atoms with van der Waals surface area (Å²) in [5.74, 6) is 0.595. The molecule has 0 radical (unpaired) electrons. The molecule has 1 atom stereocenters. The van der Waals surface area contributed by atoms with Crippen LogP contribution in [0.25, 0.3) is 0 Å². The van der Waals surface area contributed by atoms with Gasteiger partial charge in [-0.05, 0) is 19.3 Å². The maximum Gasteiger partial charge on any atom is 0.0624 e. The average Bonchev–Trinajstić information content (AvgIpc) is 2.14. The lowest BCUT2D eigenvalue weighted by molar-refractivity contribution is 0.0709. The zero-order chi connectivity index (χ0) is 8.65. The Bertz CT molecular complexity index is 175. The van der Waals surface area contributed by atoms with Gasteiger partial charge in [-0.2, -0.15) is 5.26 Å². The van der Waals surface area contributed by atoms with Gasteiger partial charge in [-0.15, -0.1) is 0 Å². The fourth-order valence-corrected chi connectivity index (χ4v) is 1.35. The van der Waals surface area contributed by atoms with E-state index in [-0.39, 0.29) is 0 Å². The van der Waals surface area contributed by atoms with Crippen LogP contribution >= 0.6 is 0 Å². The van der Waals surface area contributed by atoms with Gasteiger partial charge in [0.25, 0.3) is 0 Å². The molecule has 0 saturated carbocycles. The van der Waals surface area contributed by atoms with Crippen molar-refractivity contribution in [3.63, 3.8) is 0 Å². The second kappa shape index (κ2) is 5.79. The van der Waals surface area contributed by atoms with E-state index in [0.29, 0.717) is 12.3 Å². The van der Waals surface area contributed by atoms with Crippen molar-refractivity contribution in [2.24, 2.45) is 5.92 Å². The van der Waals surface area contributed by atoms with E-state index in [1.165, 1.54) is 12.8 Å². The molecule has 2 nitrogen and oxygen atoms in total. The first-order chi connectivity index (χ1) is 5.93. The average molecular weight is 165 g/mol. The van der Waals surface area contributed by atoms with Gasteiger partial charge in [-0.3, -0.25) is 0 Å². The van der Waals surface area contributed by atoms with Crippen molar-refractivity contribution in [2.45, 2.75) is 25.7 Å². The van der Waals surface area contributed by atoms with E-state index < -0.39 is 0 Å². The van der Waals surface area contributed by atoms with Gasteiger partial charge in [0.1, 0.15) is 0 Å². The molecule has 1 fully saturated rings. The van der Waals surface area contributed by atoms with Crippen LogP contribution in [0.1, 0.15) is 25.7 Å². The lowest BCUT2D eigenvalue weighted by Crippen LogP contribution is -2.14. The maximum absolute atomic E-state index is 8.29. The summed E-state index contributed by atoms with van der Waals surface area (Å²) in [6, 6.07) is 2.12. The largest absolute Gasteiger partial charge is 0.381 e. The van der Waals surface area contributed by atoms with E-state index in [1.807, 2.05) is 0 Å². The van der Waals surface area contributed by atoms with Crippen LogP contribution in [-0.2, 0) is 4.74 Å². The van der Waals surface area contributed by atoms with E-state index in [2.05, 4.69) is 18.2 Å². The molecule has 0 spiro atoms. The first kappa shape index (κ1) is 9.28. The molecule has 0 bridgehead atoms. The van der Waals surface area contributed by atoms with E-state index in [1.54, 1.807) is 0 Å². The van der Waals surface area contributed by atoms with Gasteiger partial charge in [-0.1, -0.05) is 12.2 Å². The fourth-order valence-electron chi connectivity index (χ4n) is 1.35. The molecule has 1 saturated heterocycles. The quantitative estimate of drug-likeness (QED) is 0.474. The third-order valence-electron chi connectivity index (χ3n) is 2.03. The molecule has 0 aromatic rings. The standard InChI is InChI=1S/C10H15NO/c11-7-3-1-2-5-10-6-4-8-12-9-10/h2,5,10H,1,3-4,6,8-9H2/b5-2+. The van der Waals surface area contributed by atoms with Gasteiger partial charge in [0.15, 0.2) is 0 Å². The number of hydrogen-bond donors (Lipinski definition) is 0. The molecule has 1 unspecified atom stereocenters. The van der Waals surface area contributed by atoms with Gasteiger partial charge in [0.05, 0.1) is 12.7 Å². The fraction of sp³-hybridized carbons (Fsp3) is 0.700. The third kappa shape index (κ3) is 3.54. The number of nitrogens with zero attached hydrogens (tertiary/aromatic N) is 1. The Labute approximate surface area is 73.8 Å². The van der Waals surface area contributed by atoms with Crippen molar-refractivity contribution >= 4 is 0 Å². The van der Waals surface area contributed by atoms with Crippen LogP contribution in [0, 0.1) is 17.2 Å². The monoisotopic (exact) mass is 165 g/mol. The molecule has 1 rings (SSSR count). The van der Waals surface area contributed by atoms with Crippen molar-refractivity contribution in [1.82, 2.24) is 0 Å². The molecule has 12 heavy (non-hydrogen) atoms. The molecule has 2 heteroatoms. The van der Waals surface area contributed by atoms with Crippen LogP contribution in [0.15, 0.2) is 12.2 Å². The van der Waals surface area contributed by atoms with Gasteiger partial charge >= 0.3 is 0 Å². The van der Waals surface area contributed by atoms with Gasteiger partial charge < -0.3 is 4.74 Å². The number of rotatable bonds is 3. The van der Waals surface area contributed by atoms with Crippen LogP contribution in [0.5, 0.6) is 0 Å². The smallest absolute Gasteiger partial charge is 0.0624 e. The van der Waals surface area contributed by atoms with Crippen LogP contribution in [0.3, 0.4) is 0 Å².